The van der Waals surface area contributed by atoms with Gasteiger partial charge in [0.1, 0.15) is 0 Å². The molecular weight excluding hydrogens is 236 g/mol. The normalized spacial score (nSPS) is 45.5. The SMILES string of the molecule is CC1C(C)(C)C2=CCC3OC(C)(C)OC3C2C1(C)C. The lowest BCUT2D eigenvalue weighted by Gasteiger charge is -2.38. The summed E-state index contributed by atoms with van der Waals surface area (Å²) in [6, 6.07) is 0. The highest BCUT2D eigenvalue weighted by Gasteiger charge is 2.61. The zero-order valence-electron chi connectivity index (χ0n) is 13.4. The van der Waals surface area contributed by atoms with E-state index in [9.17, 15) is 0 Å². The quantitative estimate of drug-likeness (QED) is 0.612. The number of hydrogen-bond donors (Lipinski definition) is 0. The Morgan fingerprint density at radius 3 is 2.32 bits per heavy atom. The first-order valence-corrected chi connectivity index (χ1v) is 7.63. The van der Waals surface area contributed by atoms with E-state index in [2.05, 4.69) is 40.7 Å². The van der Waals surface area contributed by atoms with Gasteiger partial charge in [0.2, 0.25) is 0 Å². The largest absolute Gasteiger partial charge is 0.344 e. The number of rotatable bonds is 0. The minimum absolute atomic E-state index is 0.231. The van der Waals surface area contributed by atoms with Crippen molar-refractivity contribution in [3.63, 3.8) is 0 Å². The van der Waals surface area contributed by atoms with E-state index in [1.165, 1.54) is 0 Å². The van der Waals surface area contributed by atoms with Crippen molar-refractivity contribution >= 4 is 0 Å². The molecule has 1 saturated carbocycles. The van der Waals surface area contributed by atoms with Crippen molar-refractivity contribution in [2.45, 2.75) is 72.9 Å². The van der Waals surface area contributed by atoms with Gasteiger partial charge in [-0.25, -0.2) is 0 Å². The molecule has 1 aliphatic heterocycles. The fourth-order valence-electron chi connectivity index (χ4n) is 4.81. The zero-order chi connectivity index (χ0) is 14.2. The third kappa shape index (κ3) is 1.69. The summed E-state index contributed by atoms with van der Waals surface area (Å²) in [5, 5.41) is 0. The predicted octanol–water partition coefficient (Wildman–Crippen LogP) is 4.15. The lowest BCUT2D eigenvalue weighted by Crippen LogP contribution is -2.41. The molecule has 2 aliphatic carbocycles. The first kappa shape index (κ1) is 13.6. The van der Waals surface area contributed by atoms with E-state index in [1.54, 1.807) is 5.57 Å². The summed E-state index contributed by atoms with van der Waals surface area (Å²) in [6.45, 7) is 16.1. The molecule has 0 bridgehead atoms. The summed E-state index contributed by atoms with van der Waals surface area (Å²) in [7, 11) is 0. The van der Waals surface area contributed by atoms with Gasteiger partial charge in [0.05, 0.1) is 12.2 Å². The Bertz CT molecular complexity index is 431. The number of fused-ring (bicyclic) bond motifs is 3. The third-order valence-corrected chi connectivity index (χ3v) is 6.20. The molecule has 0 N–H and O–H groups in total. The van der Waals surface area contributed by atoms with E-state index in [4.69, 9.17) is 9.47 Å². The fraction of sp³-hybridized carbons (Fsp3) is 0.882. The molecule has 0 aromatic carbocycles. The molecule has 19 heavy (non-hydrogen) atoms. The van der Waals surface area contributed by atoms with Crippen molar-refractivity contribution < 1.29 is 9.47 Å². The summed E-state index contributed by atoms with van der Waals surface area (Å²) < 4.78 is 12.4. The molecule has 0 aromatic heterocycles. The Hall–Kier alpha value is -0.340. The maximum atomic E-state index is 6.28. The van der Waals surface area contributed by atoms with Crippen LogP contribution in [0.4, 0.5) is 0 Å². The standard InChI is InChI=1S/C17H28O2/c1-10-15(2,3)11-8-9-12-14(13(11)16(10,4)5)19-17(6,7)18-12/h8,10,12-14H,9H2,1-7H3. The number of ether oxygens (including phenoxy) is 2. The molecule has 2 nitrogen and oxygen atoms in total. The van der Waals surface area contributed by atoms with E-state index in [0.29, 0.717) is 11.8 Å². The van der Waals surface area contributed by atoms with Crippen LogP contribution >= 0.6 is 0 Å². The maximum absolute atomic E-state index is 6.28. The molecule has 4 atom stereocenters. The summed E-state index contributed by atoms with van der Waals surface area (Å²) >= 11 is 0. The molecule has 3 aliphatic rings. The summed E-state index contributed by atoms with van der Waals surface area (Å²) in [6.07, 6.45) is 3.92. The van der Waals surface area contributed by atoms with Gasteiger partial charge in [-0.15, -0.1) is 0 Å². The van der Waals surface area contributed by atoms with Crippen molar-refractivity contribution in [3.8, 4) is 0 Å². The Morgan fingerprint density at radius 1 is 1.05 bits per heavy atom. The van der Waals surface area contributed by atoms with Gasteiger partial charge in [-0.05, 0) is 37.0 Å². The van der Waals surface area contributed by atoms with Crippen LogP contribution in [0.1, 0.15) is 54.9 Å². The lowest BCUT2D eigenvalue weighted by molar-refractivity contribution is -0.151. The molecule has 1 saturated heterocycles. The lowest BCUT2D eigenvalue weighted by atomic mass is 9.70. The monoisotopic (exact) mass is 264 g/mol. The highest BCUT2D eigenvalue weighted by molar-refractivity contribution is 5.32. The van der Waals surface area contributed by atoms with E-state index in [1.807, 2.05) is 13.8 Å². The second kappa shape index (κ2) is 3.65. The van der Waals surface area contributed by atoms with Gasteiger partial charge in [0.25, 0.3) is 0 Å². The Kier molecular flexibility index (Phi) is 2.62. The van der Waals surface area contributed by atoms with Crippen molar-refractivity contribution in [1.82, 2.24) is 0 Å². The van der Waals surface area contributed by atoms with Gasteiger partial charge in [0.15, 0.2) is 5.79 Å². The minimum Gasteiger partial charge on any atom is -0.344 e. The molecule has 0 radical (unpaired) electrons. The van der Waals surface area contributed by atoms with Crippen molar-refractivity contribution in [3.05, 3.63) is 11.6 Å². The van der Waals surface area contributed by atoms with Crippen LogP contribution in [0.25, 0.3) is 0 Å². The van der Waals surface area contributed by atoms with Crippen LogP contribution in [0.15, 0.2) is 11.6 Å². The summed E-state index contributed by atoms with van der Waals surface area (Å²) in [5.41, 5.74) is 2.14. The first-order chi connectivity index (χ1) is 8.57. The van der Waals surface area contributed by atoms with E-state index in [-0.39, 0.29) is 23.0 Å². The summed E-state index contributed by atoms with van der Waals surface area (Å²) in [4.78, 5) is 0. The number of hydrogen-bond acceptors (Lipinski definition) is 2. The Labute approximate surface area is 117 Å². The average molecular weight is 264 g/mol. The molecule has 3 rings (SSSR count). The van der Waals surface area contributed by atoms with E-state index >= 15 is 0 Å². The minimum atomic E-state index is -0.426. The topological polar surface area (TPSA) is 18.5 Å². The van der Waals surface area contributed by atoms with E-state index in [0.717, 1.165) is 6.42 Å². The molecule has 0 aromatic rings. The van der Waals surface area contributed by atoms with Gasteiger partial charge < -0.3 is 9.47 Å². The molecule has 108 valence electrons. The molecule has 0 spiro atoms. The Balaban J connectivity index is 2.05. The molecule has 4 unspecified atom stereocenters. The molecule has 2 fully saturated rings. The highest BCUT2D eigenvalue weighted by Crippen LogP contribution is 2.64. The first-order valence-electron chi connectivity index (χ1n) is 7.63. The molecule has 0 amide bonds. The van der Waals surface area contributed by atoms with Crippen molar-refractivity contribution in [2.75, 3.05) is 0 Å². The van der Waals surface area contributed by atoms with Crippen LogP contribution in [-0.2, 0) is 9.47 Å². The highest BCUT2D eigenvalue weighted by atomic mass is 16.8. The average Bonchev–Trinajstić information content (AvgIpc) is 2.65. The van der Waals surface area contributed by atoms with Gasteiger partial charge in [-0.1, -0.05) is 46.3 Å². The van der Waals surface area contributed by atoms with Crippen LogP contribution < -0.4 is 0 Å². The van der Waals surface area contributed by atoms with Crippen LogP contribution in [-0.4, -0.2) is 18.0 Å². The van der Waals surface area contributed by atoms with E-state index < -0.39 is 5.79 Å². The van der Waals surface area contributed by atoms with Crippen molar-refractivity contribution in [1.29, 1.82) is 0 Å². The van der Waals surface area contributed by atoms with Crippen LogP contribution in [0.5, 0.6) is 0 Å². The van der Waals surface area contributed by atoms with Gasteiger partial charge >= 0.3 is 0 Å². The molecule has 1 heterocycles. The smallest absolute Gasteiger partial charge is 0.163 e. The van der Waals surface area contributed by atoms with Crippen LogP contribution in [0.2, 0.25) is 0 Å². The predicted molar refractivity (Wildman–Crippen MR) is 76.7 cm³/mol. The van der Waals surface area contributed by atoms with Crippen molar-refractivity contribution in [2.24, 2.45) is 22.7 Å². The summed E-state index contributed by atoms with van der Waals surface area (Å²) in [5.74, 6) is 0.727. The molecular formula is C17H28O2. The zero-order valence-corrected chi connectivity index (χ0v) is 13.4. The maximum Gasteiger partial charge on any atom is 0.163 e. The second-order valence-corrected chi connectivity index (χ2v) is 8.28. The van der Waals surface area contributed by atoms with Gasteiger partial charge in [0, 0.05) is 5.92 Å². The van der Waals surface area contributed by atoms with Crippen LogP contribution in [0, 0.1) is 22.7 Å². The molecule has 2 heteroatoms. The third-order valence-electron chi connectivity index (χ3n) is 6.20. The van der Waals surface area contributed by atoms with Gasteiger partial charge in [-0.3, -0.25) is 0 Å². The van der Waals surface area contributed by atoms with Crippen LogP contribution in [0.3, 0.4) is 0 Å². The van der Waals surface area contributed by atoms with Gasteiger partial charge in [-0.2, -0.15) is 0 Å². The fourth-order valence-corrected chi connectivity index (χ4v) is 4.81. The second-order valence-electron chi connectivity index (χ2n) is 8.28. The Morgan fingerprint density at radius 2 is 1.68 bits per heavy atom.